The zero-order chi connectivity index (χ0) is 19.5. The van der Waals surface area contributed by atoms with E-state index in [4.69, 9.17) is 25.8 Å². The van der Waals surface area contributed by atoms with E-state index < -0.39 is 5.97 Å². The fourth-order valence-corrected chi connectivity index (χ4v) is 3.49. The van der Waals surface area contributed by atoms with Crippen molar-refractivity contribution in [1.29, 1.82) is 0 Å². The second-order valence-corrected chi connectivity index (χ2v) is 6.97. The van der Waals surface area contributed by atoms with Gasteiger partial charge in [-0.3, -0.25) is 0 Å². The molecule has 6 nitrogen and oxygen atoms in total. The van der Waals surface area contributed by atoms with E-state index in [-0.39, 0.29) is 16.7 Å². The van der Waals surface area contributed by atoms with Gasteiger partial charge in [-0.2, -0.15) is 4.98 Å². The average molecular weight is 413 g/mol. The molecule has 28 heavy (non-hydrogen) atoms. The van der Waals surface area contributed by atoms with Gasteiger partial charge in [0.1, 0.15) is 11.5 Å². The van der Waals surface area contributed by atoms with E-state index in [2.05, 4.69) is 9.98 Å². The highest BCUT2D eigenvalue weighted by atomic mass is 35.5. The fraction of sp³-hybridized carbons (Fsp3) is 0.0500. The van der Waals surface area contributed by atoms with Crippen molar-refractivity contribution in [1.82, 2.24) is 4.98 Å². The van der Waals surface area contributed by atoms with Crippen LogP contribution in [0.25, 0.3) is 6.08 Å². The SMILES string of the molecule is COc1cccc(C2=NC(=Cc3sc(Oc4ccccc4)nc3Cl)C(=O)O2)c1. The Morgan fingerprint density at radius 3 is 2.68 bits per heavy atom. The Labute approximate surface area is 169 Å². The number of aromatic nitrogens is 1. The summed E-state index contributed by atoms with van der Waals surface area (Å²) < 4.78 is 16.1. The number of rotatable bonds is 5. The molecule has 0 unspecified atom stereocenters. The molecule has 0 bridgehead atoms. The summed E-state index contributed by atoms with van der Waals surface area (Å²) in [6.07, 6.45) is 1.54. The highest BCUT2D eigenvalue weighted by Gasteiger charge is 2.25. The molecule has 0 atom stereocenters. The first-order valence-electron chi connectivity index (χ1n) is 8.18. The van der Waals surface area contributed by atoms with Gasteiger partial charge in [0.2, 0.25) is 5.90 Å². The number of cyclic esters (lactones) is 1. The molecule has 0 spiro atoms. The minimum absolute atomic E-state index is 0.134. The van der Waals surface area contributed by atoms with Gasteiger partial charge in [0.25, 0.3) is 5.19 Å². The van der Waals surface area contributed by atoms with Gasteiger partial charge in [0, 0.05) is 5.56 Å². The maximum Gasteiger partial charge on any atom is 0.363 e. The molecular formula is C20H13ClN2O4S. The normalized spacial score (nSPS) is 14.7. The molecule has 8 heteroatoms. The summed E-state index contributed by atoms with van der Waals surface area (Å²) in [5.41, 5.74) is 0.772. The smallest absolute Gasteiger partial charge is 0.363 e. The summed E-state index contributed by atoms with van der Waals surface area (Å²) in [7, 11) is 1.56. The molecule has 0 N–H and O–H groups in total. The molecule has 0 saturated carbocycles. The minimum Gasteiger partial charge on any atom is -0.497 e. The Kier molecular flexibility index (Phi) is 5.10. The van der Waals surface area contributed by atoms with Crippen molar-refractivity contribution >= 4 is 40.9 Å². The monoisotopic (exact) mass is 412 g/mol. The van der Waals surface area contributed by atoms with E-state index in [1.807, 2.05) is 30.3 Å². The molecule has 2 heterocycles. The molecule has 0 fully saturated rings. The quantitative estimate of drug-likeness (QED) is 0.438. The summed E-state index contributed by atoms with van der Waals surface area (Å²) in [4.78, 5) is 21.2. The summed E-state index contributed by atoms with van der Waals surface area (Å²) in [6, 6.07) is 16.3. The first-order valence-corrected chi connectivity index (χ1v) is 9.38. The highest BCUT2D eigenvalue weighted by Crippen LogP contribution is 2.34. The summed E-state index contributed by atoms with van der Waals surface area (Å²) in [6.45, 7) is 0. The van der Waals surface area contributed by atoms with Crippen LogP contribution in [-0.4, -0.2) is 24.0 Å². The van der Waals surface area contributed by atoms with E-state index in [9.17, 15) is 4.79 Å². The van der Waals surface area contributed by atoms with Gasteiger partial charge in [0.15, 0.2) is 10.9 Å². The number of hydrogen-bond donors (Lipinski definition) is 0. The van der Waals surface area contributed by atoms with Crippen molar-refractivity contribution in [3.05, 3.63) is 75.9 Å². The lowest BCUT2D eigenvalue weighted by Gasteiger charge is -2.02. The number of benzene rings is 2. The number of halogens is 1. The Balaban J connectivity index is 1.60. The zero-order valence-corrected chi connectivity index (χ0v) is 16.2. The molecule has 0 aliphatic carbocycles. The highest BCUT2D eigenvalue weighted by molar-refractivity contribution is 7.14. The second kappa shape index (κ2) is 7.84. The van der Waals surface area contributed by atoms with Gasteiger partial charge in [0.05, 0.1) is 12.0 Å². The number of carbonyl (C=O) groups is 1. The van der Waals surface area contributed by atoms with Gasteiger partial charge >= 0.3 is 5.97 Å². The molecular weight excluding hydrogens is 400 g/mol. The molecule has 0 radical (unpaired) electrons. The van der Waals surface area contributed by atoms with Crippen molar-refractivity contribution in [2.45, 2.75) is 0 Å². The van der Waals surface area contributed by atoms with Crippen molar-refractivity contribution < 1.29 is 19.0 Å². The maximum absolute atomic E-state index is 12.2. The third-order valence-electron chi connectivity index (χ3n) is 3.74. The van der Waals surface area contributed by atoms with Crippen LogP contribution in [0, 0.1) is 0 Å². The molecule has 3 aromatic rings. The number of aliphatic imine (C=N–C) groups is 1. The van der Waals surface area contributed by atoms with Gasteiger partial charge in [-0.1, -0.05) is 47.2 Å². The molecule has 0 saturated heterocycles. The largest absolute Gasteiger partial charge is 0.497 e. The first-order chi connectivity index (χ1) is 13.6. The van der Waals surface area contributed by atoms with Crippen LogP contribution in [0.2, 0.25) is 5.15 Å². The number of esters is 1. The third kappa shape index (κ3) is 3.90. The molecule has 0 amide bonds. The lowest BCUT2D eigenvalue weighted by Crippen LogP contribution is -2.05. The van der Waals surface area contributed by atoms with Crippen molar-refractivity contribution in [2.24, 2.45) is 4.99 Å². The van der Waals surface area contributed by atoms with Crippen LogP contribution in [0.3, 0.4) is 0 Å². The molecule has 140 valence electrons. The maximum atomic E-state index is 12.2. The Morgan fingerprint density at radius 1 is 1.11 bits per heavy atom. The van der Waals surface area contributed by atoms with Crippen LogP contribution in [-0.2, 0) is 9.53 Å². The van der Waals surface area contributed by atoms with Gasteiger partial charge in [-0.05, 0) is 36.4 Å². The van der Waals surface area contributed by atoms with Gasteiger partial charge in [-0.15, -0.1) is 0 Å². The van der Waals surface area contributed by atoms with Crippen LogP contribution in [0.1, 0.15) is 10.4 Å². The minimum atomic E-state index is -0.562. The molecule has 4 rings (SSSR count). The van der Waals surface area contributed by atoms with Crippen LogP contribution in [0.5, 0.6) is 16.7 Å². The van der Waals surface area contributed by atoms with E-state index in [0.717, 1.165) is 0 Å². The molecule has 1 aromatic heterocycles. The Bertz CT molecular complexity index is 1090. The fourth-order valence-electron chi connectivity index (χ4n) is 2.43. The van der Waals surface area contributed by atoms with E-state index >= 15 is 0 Å². The standard InChI is InChI=1S/C20H13ClN2O4S/c1-25-14-9-5-6-12(10-14)18-22-15(19(24)27-18)11-16-17(21)23-20(28-16)26-13-7-3-2-4-8-13/h2-11H,1H3. The number of nitrogens with zero attached hydrogens (tertiary/aromatic N) is 2. The Hall–Kier alpha value is -3.16. The van der Waals surface area contributed by atoms with Crippen LogP contribution in [0.4, 0.5) is 0 Å². The number of ether oxygens (including phenoxy) is 3. The predicted octanol–water partition coefficient (Wildman–Crippen LogP) is 4.94. The number of para-hydroxylation sites is 1. The van der Waals surface area contributed by atoms with Gasteiger partial charge in [-0.25, -0.2) is 9.79 Å². The van der Waals surface area contributed by atoms with E-state index in [1.54, 1.807) is 31.4 Å². The van der Waals surface area contributed by atoms with Crippen molar-refractivity contribution in [2.75, 3.05) is 7.11 Å². The average Bonchev–Trinajstić information content (AvgIpc) is 3.25. The topological polar surface area (TPSA) is 70.0 Å². The van der Waals surface area contributed by atoms with Crippen molar-refractivity contribution in [3.63, 3.8) is 0 Å². The summed E-state index contributed by atoms with van der Waals surface area (Å²) in [5.74, 6) is 0.928. The number of carbonyl (C=O) groups excluding carboxylic acids is 1. The molecule has 1 aliphatic rings. The molecule has 1 aliphatic heterocycles. The second-order valence-electron chi connectivity index (χ2n) is 5.62. The molecule has 2 aromatic carbocycles. The number of hydrogen-bond acceptors (Lipinski definition) is 7. The summed E-state index contributed by atoms with van der Waals surface area (Å²) in [5, 5.41) is 0.590. The van der Waals surface area contributed by atoms with E-state index in [1.165, 1.54) is 17.4 Å². The Morgan fingerprint density at radius 2 is 1.89 bits per heavy atom. The third-order valence-corrected chi connectivity index (χ3v) is 5.02. The number of methoxy groups -OCH3 is 1. The van der Waals surface area contributed by atoms with Crippen molar-refractivity contribution in [3.8, 4) is 16.7 Å². The number of thiazole rings is 1. The first kappa shape index (κ1) is 18.2. The lowest BCUT2D eigenvalue weighted by molar-refractivity contribution is -0.129. The lowest BCUT2D eigenvalue weighted by atomic mass is 10.2. The van der Waals surface area contributed by atoms with Crippen LogP contribution in [0.15, 0.2) is 65.3 Å². The zero-order valence-electron chi connectivity index (χ0n) is 14.6. The summed E-state index contributed by atoms with van der Waals surface area (Å²) >= 11 is 7.40. The predicted molar refractivity (Wildman–Crippen MR) is 107 cm³/mol. The van der Waals surface area contributed by atoms with Crippen LogP contribution >= 0.6 is 22.9 Å². The van der Waals surface area contributed by atoms with Gasteiger partial charge < -0.3 is 14.2 Å². The van der Waals surface area contributed by atoms with Crippen LogP contribution < -0.4 is 9.47 Å². The van der Waals surface area contributed by atoms with E-state index in [0.29, 0.717) is 27.1 Å².